The zero-order chi connectivity index (χ0) is 18.1. The molecule has 0 bridgehead atoms. The van der Waals surface area contributed by atoms with Gasteiger partial charge in [0.15, 0.2) is 0 Å². The molecular weight excluding hydrogens is 316 g/mol. The van der Waals surface area contributed by atoms with Gasteiger partial charge in [0.25, 0.3) is 0 Å². The maximum Gasteiger partial charge on any atom is 0.133 e. The van der Waals surface area contributed by atoms with Gasteiger partial charge in [0.05, 0.1) is 12.2 Å². The Hall–Kier alpha value is -0.740. The lowest BCUT2D eigenvalue weighted by molar-refractivity contribution is -0.204. The topological polar surface area (TPSA) is 74.6 Å². The van der Waals surface area contributed by atoms with Gasteiger partial charge < -0.3 is 10.2 Å². The first-order chi connectivity index (χ1) is 11.7. The molecule has 0 spiro atoms. The molecular formula is C21H32O4. The lowest BCUT2D eigenvalue weighted by Gasteiger charge is -2.62. The van der Waals surface area contributed by atoms with Crippen molar-refractivity contribution in [2.75, 3.05) is 0 Å². The van der Waals surface area contributed by atoms with Crippen LogP contribution in [0.4, 0.5) is 0 Å². The molecule has 0 saturated heterocycles. The highest BCUT2D eigenvalue weighted by Crippen LogP contribution is 2.67. The molecule has 0 aromatic carbocycles. The second-order valence-corrected chi connectivity index (χ2v) is 9.98. The molecule has 4 aliphatic carbocycles. The van der Waals surface area contributed by atoms with Crippen molar-refractivity contribution >= 4 is 11.6 Å². The van der Waals surface area contributed by atoms with E-state index in [0.717, 1.165) is 19.3 Å². The smallest absolute Gasteiger partial charge is 0.133 e. The lowest BCUT2D eigenvalue weighted by atomic mass is 9.43. The molecule has 2 N–H and O–H groups in total. The molecule has 140 valence electrons. The van der Waals surface area contributed by atoms with E-state index in [2.05, 4.69) is 13.8 Å². The molecule has 9 atom stereocenters. The van der Waals surface area contributed by atoms with E-state index in [1.807, 2.05) is 0 Å². The van der Waals surface area contributed by atoms with E-state index in [1.54, 1.807) is 6.92 Å². The van der Waals surface area contributed by atoms with Crippen LogP contribution in [0.25, 0.3) is 0 Å². The van der Waals surface area contributed by atoms with Gasteiger partial charge in [-0.1, -0.05) is 13.8 Å². The lowest BCUT2D eigenvalue weighted by Crippen LogP contribution is -2.63. The Balaban J connectivity index is 1.73. The van der Waals surface area contributed by atoms with Crippen LogP contribution in [0.1, 0.15) is 65.7 Å². The summed E-state index contributed by atoms with van der Waals surface area (Å²) in [6.07, 6.45) is 4.25. The number of fused-ring (bicyclic) bond motifs is 5. The van der Waals surface area contributed by atoms with Crippen LogP contribution in [0.5, 0.6) is 0 Å². The fraction of sp³-hybridized carbons (Fsp3) is 0.905. The number of aliphatic hydroxyl groups is 2. The van der Waals surface area contributed by atoms with Crippen molar-refractivity contribution in [3.05, 3.63) is 0 Å². The van der Waals surface area contributed by atoms with Crippen molar-refractivity contribution in [1.82, 2.24) is 0 Å². The quantitative estimate of drug-likeness (QED) is 0.764. The molecule has 0 aromatic heterocycles. The molecule has 0 aromatic rings. The minimum absolute atomic E-state index is 0.0127. The normalized spacial score (nSPS) is 55.2. The number of hydrogen-bond acceptors (Lipinski definition) is 4. The Morgan fingerprint density at radius 1 is 1.12 bits per heavy atom. The van der Waals surface area contributed by atoms with E-state index in [9.17, 15) is 19.8 Å². The zero-order valence-electron chi connectivity index (χ0n) is 15.7. The van der Waals surface area contributed by atoms with Gasteiger partial charge in [-0.05, 0) is 73.5 Å². The summed E-state index contributed by atoms with van der Waals surface area (Å²) in [5.41, 5.74) is -0.256. The molecule has 4 saturated carbocycles. The Morgan fingerprint density at radius 2 is 1.84 bits per heavy atom. The summed E-state index contributed by atoms with van der Waals surface area (Å²) in [5.74, 6) is 1.16. The predicted molar refractivity (Wildman–Crippen MR) is 93.7 cm³/mol. The zero-order valence-corrected chi connectivity index (χ0v) is 15.7. The molecule has 4 nitrogen and oxygen atoms in total. The SMILES string of the molecule is CC(=O)[C@H]1CCC2C3C([C@H](O)C[C@@]21C)[C@@]1(C)CCC(=O)C[C@@H]1C[C@H]3O. The number of aliphatic hydroxyl groups excluding tert-OH is 2. The van der Waals surface area contributed by atoms with Gasteiger partial charge in [-0.2, -0.15) is 0 Å². The highest BCUT2D eigenvalue weighted by Gasteiger charge is 2.65. The summed E-state index contributed by atoms with van der Waals surface area (Å²) in [5, 5.41) is 22.2. The molecule has 4 rings (SSSR count). The van der Waals surface area contributed by atoms with Crippen molar-refractivity contribution in [2.24, 2.45) is 40.4 Å². The molecule has 25 heavy (non-hydrogen) atoms. The monoisotopic (exact) mass is 348 g/mol. The first-order valence-corrected chi connectivity index (χ1v) is 10.1. The summed E-state index contributed by atoms with van der Waals surface area (Å²) in [6, 6.07) is 0. The molecule has 0 radical (unpaired) electrons. The van der Waals surface area contributed by atoms with Crippen LogP contribution in [0, 0.1) is 40.4 Å². The van der Waals surface area contributed by atoms with Gasteiger partial charge in [0, 0.05) is 18.8 Å². The predicted octanol–water partition coefficient (Wildman–Crippen LogP) is 2.75. The number of Topliss-reactive ketones (excluding diaryl/α,β-unsaturated/α-hetero) is 2. The van der Waals surface area contributed by atoms with Gasteiger partial charge in [-0.25, -0.2) is 0 Å². The highest BCUT2D eigenvalue weighted by atomic mass is 16.3. The standard InChI is InChI=1S/C21H32O4/c1-11(22)14-4-5-15-18-16(24)9-12-8-13(23)6-7-20(12,2)19(18)17(25)10-21(14,15)3/h12,14-19,24-25H,4-10H2,1-3H3/t12-,14-,15?,16-,17-,18?,19?,20+,21-/m1/s1. The van der Waals surface area contributed by atoms with Crippen molar-refractivity contribution in [3.8, 4) is 0 Å². The maximum atomic E-state index is 12.2. The van der Waals surface area contributed by atoms with Crippen molar-refractivity contribution in [1.29, 1.82) is 0 Å². The van der Waals surface area contributed by atoms with Crippen LogP contribution in [0.3, 0.4) is 0 Å². The van der Waals surface area contributed by atoms with E-state index < -0.39 is 12.2 Å². The van der Waals surface area contributed by atoms with Gasteiger partial charge >= 0.3 is 0 Å². The summed E-state index contributed by atoms with van der Waals surface area (Å²) in [4.78, 5) is 24.2. The fourth-order valence-electron chi connectivity index (χ4n) is 7.79. The fourth-order valence-corrected chi connectivity index (χ4v) is 7.79. The third-order valence-electron chi connectivity index (χ3n) is 8.92. The van der Waals surface area contributed by atoms with E-state index >= 15 is 0 Å². The maximum absolute atomic E-state index is 12.2. The Labute approximate surface area is 150 Å². The first-order valence-electron chi connectivity index (χ1n) is 10.1. The number of ketones is 2. The third-order valence-corrected chi connectivity index (χ3v) is 8.92. The average molecular weight is 348 g/mol. The number of hydrogen-bond donors (Lipinski definition) is 2. The van der Waals surface area contributed by atoms with Crippen LogP contribution in [-0.2, 0) is 9.59 Å². The minimum Gasteiger partial charge on any atom is -0.393 e. The molecule has 4 fully saturated rings. The molecule has 0 heterocycles. The molecule has 4 heteroatoms. The largest absolute Gasteiger partial charge is 0.393 e. The van der Waals surface area contributed by atoms with Crippen LogP contribution in [0.2, 0.25) is 0 Å². The second kappa shape index (κ2) is 5.63. The Bertz CT molecular complexity index is 601. The van der Waals surface area contributed by atoms with Gasteiger partial charge in [0.2, 0.25) is 0 Å². The molecule has 0 aliphatic heterocycles. The first kappa shape index (κ1) is 17.7. The van der Waals surface area contributed by atoms with Gasteiger partial charge in [-0.3, -0.25) is 9.59 Å². The minimum atomic E-state index is -0.484. The van der Waals surface area contributed by atoms with Crippen LogP contribution in [0.15, 0.2) is 0 Å². The van der Waals surface area contributed by atoms with E-state index in [0.29, 0.717) is 37.4 Å². The van der Waals surface area contributed by atoms with Crippen LogP contribution >= 0.6 is 0 Å². The van der Waals surface area contributed by atoms with Crippen molar-refractivity contribution in [2.45, 2.75) is 77.9 Å². The van der Waals surface area contributed by atoms with Crippen LogP contribution < -0.4 is 0 Å². The molecule has 3 unspecified atom stereocenters. The molecule has 4 aliphatic rings. The summed E-state index contributed by atoms with van der Waals surface area (Å²) in [7, 11) is 0. The van der Waals surface area contributed by atoms with Gasteiger partial charge in [-0.15, -0.1) is 0 Å². The van der Waals surface area contributed by atoms with E-state index in [-0.39, 0.29) is 40.3 Å². The number of carbonyl (C=O) groups excluding carboxylic acids is 2. The number of carbonyl (C=O) groups is 2. The van der Waals surface area contributed by atoms with Crippen molar-refractivity contribution < 1.29 is 19.8 Å². The highest BCUT2D eigenvalue weighted by molar-refractivity contribution is 5.80. The average Bonchev–Trinajstić information content (AvgIpc) is 2.85. The number of rotatable bonds is 1. The Morgan fingerprint density at radius 3 is 2.52 bits per heavy atom. The third kappa shape index (κ3) is 2.32. The van der Waals surface area contributed by atoms with Crippen LogP contribution in [-0.4, -0.2) is 34.0 Å². The molecule has 0 amide bonds. The summed E-state index contributed by atoms with van der Waals surface area (Å²) >= 11 is 0. The van der Waals surface area contributed by atoms with E-state index in [4.69, 9.17) is 0 Å². The second-order valence-electron chi connectivity index (χ2n) is 9.98. The Kier molecular flexibility index (Phi) is 3.98. The van der Waals surface area contributed by atoms with Crippen molar-refractivity contribution in [3.63, 3.8) is 0 Å². The van der Waals surface area contributed by atoms with Gasteiger partial charge in [0.1, 0.15) is 11.6 Å². The van der Waals surface area contributed by atoms with E-state index in [1.165, 1.54) is 0 Å². The summed E-state index contributed by atoms with van der Waals surface area (Å²) < 4.78 is 0. The summed E-state index contributed by atoms with van der Waals surface area (Å²) in [6.45, 7) is 6.09.